The second-order valence-corrected chi connectivity index (χ2v) is 4.67. The predicted molar refractivity (Wildman–Crippen MR) is 80.9 cm³/mol. The first-order valence-corrected chi connectivity index (χ1v) is 6.38. The molecule has 0 radical (unpaired) electrons. The van der Waals surface area contributed by atoms with Gasteiger partial charge in [-0.15, -0.1) is 0 Å². The number of benzene rings is 2. The average molecular weight is 259 g/mol. The van der Waals surface area contributed by atoms with Gasteiger partial charge in [-0.2, -0.15) is 5.26 Å². The van der Waals surface area contributed by atoms with Gasteiger partial charge in [0.2, 0.25) is 0 Å². The summed E-state index contributed by atoms with van der Waals surface area (Å²) in [5.74, 6) is 0. The summed E-state index contributed by atoms with van der Waals surface area (Å²) in [4.78, 5) is 4.18. The molecule has 0 spiro atoms. The van der Waals surface area contributed by atoms with Crippen LogP contribution in [0.4, 0.5) is 11.4 Å². The number of nitriles is 1. The molecule has 0 amide bonds. The quantitative estimate of drug-likeness (QED) is 0.751. The maximum absolute atomic E-state index is 8.96. The Balaban J connectivity index is 2.02. The number of rotatable bonds is 2. The first-order valence-electron chi connectivity index (χ1n) is 6.38. The minimum absolute atomic E-state index is 0.704. The zero-order valence-corrected chi connectivity index (χ0v) is 11.1. The maximum Gasteiger partial charge on any atom is 0.0994 e. The lowest BCUT2D eigenvalue weighted by molar-refractivity contribution is 1.36. The predicted octanol–water partition coefficient (Wildman–Crippen LogP) is 4.16. The Morgan fingerprint density at radius 3 is 2.85 bits per heavy atom. The van der Waals surface area contributed by atoms with Crippen molar-refractivity contribution in [1.82, 2.24) is 4.98 Å². The molecule has 0 fully saturated rings. The SMILES string of the molecule is Cc1cc(Nc2cccc3ccncc23)ccc1C#N. The van der Waals surface area contributed by atoms with Gasteiger partial charge in [0, 0.05) is 29.2 Å². The van der Waals surface area contributed by atoms with Crippen LogP contribution in [-0.2, 0) is 0 Å². The zero-order chi connectivity index (χ0) is 13.9. The Labute approximate surface area is 117 Å². The Morgan fingerprint density at radius 1 is 1.15 bits per heavy atom. The molecular weight excluding hydrogens is 246 g/mol. The smallest absolute Gasteiger partial charge is 0.0994 e. The second-order valence-electron chi connectivity index (χ2n) is 4.67. The summed E-state index contributed by atoms with van der Waals surface area (Å²) >= 11 is 0. The number of aryl methyl sites for hydroxylation is 1. The molecule has 0 unspecified atom stereocenters. The van der Waals surface area contributed by atoms with Gasteiger partial charge in [0.1, 0.15) is 0 Å². The van der Waals surface area contributed by atoms with Crippen molar-refractivity contribution in [3.63, 3.8) is 0 Å². The Kier molecular flexibility index (Phi) is 3.06. The van der Waals surface area contributed by atoms with Crippen molar-refractivity contribution in [2.24, 2.45) is 0 Å². The van der Waals surface area contributed by atoms with Crippen LogP contribution in [0.25, 0.3) is 10.8 Å². The van der Waals surface area contributed by atoms with Crippen molar-refractivity contribution >= 4 is 22.1 Å². The van der Waals surface area contributed by atoms with E-state index in [4.69, 9.17) is 5.26 Å². The maximum atomic E-state index is 8.96. The number of pyridine rings is 1. The molecule has 2 aromatic carbocycles. The first kappa shape index (κ1) is 12.2. The number of nitrogens with zero attached hydrogens (tertiary/aromatic N) is 2. The van der Waals surface area contributed by atoms with Gasteiger partial charge in [-0.3, -0.25) is 4.98 Å². The van der Waals surface area contributed by atoms with Crippen molar-refractivity contribution in [3.8, 4) is 6.07 Å². The Bertz CT molecular complexity index is 811. The molecule has 0 aliphatic heterocycles. The molecule has 0 atom stereocenters. The molecule has 1 heterocycles. The molecule has 3 rings (SSSR count). The van der Waals surface area contributed by atoms with E-state index in [9.17, 15) is 0 Å². The monoisotopic (exact) mass is 259 g/mol. The number of anilines is 2. The number of fused-ring (bicyclic) bond motifs is 1. The fraction of sp³-hybridized carbons (Fsp3) is 0.0588. The van der Waals surface area contributed by atoms with Crippen LogP contribution in [0, 0.1) is 18.3 Å². The molecule has 0 saturated heterocycles. The summed E-state index contributed by atoms with van der Waals surface area (Å²) < 4.78 is 0. The third kappa shape index (κ3) is 2.19. The molecule has 96 valence electrons. The van der Waals surface area contributed by atoms with Gasteiger partial charge in [0.15, 0.2) is 0 Å². The molecule has 3 heteroatoms. The topological polar surface area (TPSA) is 48.7 Å². The fourth-order valence-electron chi connectivity index (χ4n) is 2.24. The van der Waals surface area contributed by atoms with Crippen LogP contribution in [-0.4, -0.2) is 4.98 Å². The summed E-state index contributed by atoms with van der Waals surface area (Å²) in [5.41, 5.74) is 3.66. The molecule has 1 N–H and O–H groups in total. The molecule has 0 aliphatic rings. The normalized spacial score (nSPS) is 10.2. The highest BCUT2D eigenvalue weighted by Crippen LogP contribution is 2.26. The highest BCUT2D eigenvalue weighted by molar-refractivity contribution is 5.94. The minimum Gasteiger partial charge on any atom is -0.355 e. The molecule has 3 nitrogen and oxygen atoms in total. The van der Waals surface area contributed by atoms with Gasteiger partial charge in [-0.05, 0) is 48.2 Å². The fourth-order valence-corrected chi connectivity index (χ4v) is 2.24. The zero-order valence-electron chi connectivity index (χ0n) is 11.1. The highest BCUT2D eigenvalue weighted by atomic mass is 14.9. The number of hydrogen-bond donors (Lipinski definition) is 1. The van der Waals surface area contributed by atoms with Gasteiger partial charge in [-0.1, -0.05) is 12.1 Å². The molecule has 0 bridgehead atoms. The van der Waals surface area contributed by atoms with Crippen molar-refractivity contribution in [2.75, 3.05) is 5.32 Å². The van der Waals surface area contributed by atoms with E-state index in [1.54, 1.807) is 6.20 Å². The standard InChI is InChI=1S/C17H13N3/c1-12-9-15(6-5-14(12)10-18)20-17-4-2-3-13-7-8-19-11-16(13)17/h2-9,11,20H,1H3. The van der Waals surface area contributed by atoms with Gasteiger partial charge < -0.3 is 5.32 Å². The van der Waals surface area contributed by atoms with Crippen LogP contribution in [0.15, 0.2) is 54.9 Å². The molecule has 20 heavy (non-hydrogen) atoms. The van der Waals surface area contributed by atoms with E-state index < -0.39 is 0 Å². The average Bonchev–Trinajstić information content (AvgIpc) is 2.48. The third-order valence-corrected chi connectivity index (χ3v) is 3.31. The van der Waals surface area contributed by atoms with E-state index in [2.05, 4.69) is 22.4 Å². The molecule has 0 saturated carbocycles. The van der Waals surface area contributed by atoms with Crippen LogP contribution >= 0.6 is 0 Å². The van der Waals surface area contributed by atoms with E-state index in [1.165, 1.54) is 0 Å². The van der Waals surface area contributed by atoms with E-state index >= 15 is 0 Å². The van der Waals surface area contributed by atoms with Crippen molar-refractivity contribution in [1.29, 1.82) is 5.26 Å². The molecule has 3 aromatic rings. The summed E-state index contributed by atoms with van der Waals surface area (Å²) in [6.07, 6.45) is 3.64. The number of aromatic nitrogens is 1. The van der Waals surface area contributed by atoms with Crippen LogP contribution in [0.1, 0.15) is 11.1 Å². The van der Waals surface area contributed by atoms with Crippen molar-refractivity contribution in [3.05, 3.63) is 66.0 Å². The summed E-state index contributed by atoms with van der Waals surface area (Å²) in [6, 6.07) is 16.0. The lowest BCUT2D eigenvalue weighted by Gasteiger charge is -2.10. The summed E-state index contributed by atoms with van der Waals surface area (Å²) in [6.45, 7) is 1.94. The van der Waals surface area contributed by atoms with Gasteiger partial charge >= 0.3 is 0 Å². The number of nitrogens with one attached hydrogen (secondary N) is 1. The molecular formula is C17H13N3. The Morgan fingerprint density at radius 2 is 2.05 bits per heavy atom. The van der Waals surface area contributed by atoms with Gasteiger partial charge in [-0.25, -0.2) is 0 Å². The van der Waals surface area contributed by atoms with Crippen molar-refractivity contribution < 1.29 is 0 Å². The highest BCUT2D eigenvalue weighted by Gasteiger charge is 2.03. The minimum atomic E-state index is 0.704. The third-order valence-electron chi connectivity index (χ3n) is 3.31. The molecule has 0 aliphatic carbocycles. The van der Waals surface area contributed by atoms with Crippen LogP contribution in [0.2, 0.25) is 0 Å². The van der Waals surface area contributed by atoms with E-state index in [-0.39, 0.29) is 0 Å². The number of hydrogen-bond acceptors (Lipinski definition) is 3. The van der Waals surface area contributed by atoms with Gasteiger partial charge in [0.25, 0.3) is 0 Å². The Hall–Kier alpha value is -2.86. The van der Waals surface area contributed by atoms with E-state index in [1.807, 2.05) is 49.5 Å². The lowest BCUT2D eigenvalue weighted by atomic mass is 10.1. The molecule has 1 aromatic heterocycles. The summed E-state index contributed by atoms with van der Waals surface area (Å²) in [5, 5.41) is 14.6. The van der Waals surface area contributed by atoms with Crippen LogP contribution in [0.3, 0.4) is 0 Å². The van der Waals surface area contributed by atoms with E-state index in [0.29, 0.717) is 5.56 Å². The van der Waals surface area contributed by atoms with Crippen LogP contribution < -0.4 is 5.32 Å². The first-order chi connectivity index (χ1) is 9.78. The van der Waals surface area contributed by atoms with E-state index in [0.717, 1.165) is 27.7 Å². The largest absolute Gasteiger partial charge is 0.355 e. The lowest BCUT2D eigenvalue weighted by Crippen LogP contribution is -1.93. The summed E-state index contributed by atoms with van der Waals surface area (Å²) in [7, 11) is 0. The van der Waals surface area contributed by atoms with Crippen molar-refractivity contribution in [2.45, 2.75) is 6.92 Å². The second kappa shape index (κ2) is 5.02. The van der Waals surface area contributed by atoms with Gasteiger partial charge in [0.05, 0.1) is 11.6 Å². The van der Waals surface area contributed by atoms with Crippen LogP contribution in [0.5, 0.6) is 0 Å².